The number of rotatable bonds is 5. The molecule has 0 fully saturated rings. The zero-order valence-electron chi connectivity index (χ0n) is 17.1. The molecule has 0 aliphatic carbocycles. The van der Waals surface area contributed by atoms with E-state index in [0.717, 1.165) is 30.3 Å². The van der Waals surface area contributed by atoms with Gasteiger partial charge in [-0.3, -0.25) is 9.11 Å². The third-order valence-corrected chi connectivity index (χ3v) is 6.65. The molecular weight excluding hydrogens is 543 g/mol. The number of benzene rings is 4. The molecule has 179 valence electrons. The minimum Gasteiger partial charge on any atom is -0.871 e. The second-order valence-corrected chi connectivity index (χ2v) is 9.90. The van der Waals surface area contributed by atoms with Crippen molar-refractivity contribution in [1.82, 2.24) is 0 Å². The first kappa shape index (κ1) is 26.2. The molecule has 0 bridgehead atoms. The van der Waals surface area contributed by atoms with Gasteiger partial charge in [0.1, 0.15) is 10.6 Å². The Balaban J connectivity index is 0.00000342. The molecule has 0 spiro atoms. The Bertz CT molecular complexity index is 1750. The summed E-state index contributed by atoms with van der Waals surface area (Å²) in [7, 11) is -9.41. The van der Waals surface area contributed by atoms with E-state index in [1.165, 1.54) is 18.2 Å². The summed E-state index contributed by atoms with van der Waals surface area (Å²) < 4.78 is 65.6. The Hall–Kier alpha value is -3.39. The maximum Gasteiger partial charge on any atom is 2.00 e. The first-order chi connectivity index (χ1) is 15.9. The smallest absolute Gasteiger partial charge is 0.871 e. The average molecular weight is 555 g/mol. The van der Waals surface area contributed by atoms with Crippen molar-refractivity contribution >= 4 is 59.1 Å². The van der Waals surface area contributed by atoms with E-state index in [1.54, 1.807) is 12.1 Å². The maximum atomic E-state index is 12.7. The predicted molar refractivity (Wildman–Crippen MR) is 115 cm³/mol. The number of carboxylic acid groups (broad SMARTS) is 1. The molecule has 0 atom stereocenters. The molecule has 2 N–H and O–H groups in total. The van der Waals surface area contributed by atoms with Crippen LogP contribution in [0.25, 0.3) is 21.5 Å². The third kappa shape index (κ3) is 5.17. The number of carboxylic acids is 1. The van der Waals surface area contributed by atoms with Gasteiger partial charge in [0, 0.05) is 5.39 Å². The van der Waals surface area contributed by atoms with Crippen LogP contribution in [0.2, 0.25) is 0 Å². The van der Waals surface area contributed by atoms with E-state index >= 15 is 0 Å². The van der Waals surface area contributed by atoms with Gasteiger partial charge in [-0.05, 0) is 52.1 Å². The number of fused-ring (bicyclic) bond motifs is 2. The Morgan fingerprint density at radius 1 is 0.800 bits per heavy atom. The number of nitrogens with zero attached hydrogens (tertiary/aromatic N) is 2. The summed E-state index contributed by atoms with van der Waals surface area (Å²) in [5.74, 6) is -2.76. The minimum atomic E-state index is -4.85. The fourth-order valence-corrected chi connectivity index (χ4v) is 4.51. The van der Waals surface area contributed by atoms with Gasteiger partial charge in [-0.25, -0.2) is 0 Å². The largest absolute Gasteiger partial charge is 2.00 e. The topological polar surface area (TPSA) is 197 Å². The number of azo groups is 1. The van der Waals surface area contributed by atoms with Crippen LogP contribution >= 0.6 is 0 Å². The molecule has 0 aliphatic heterocycles. The van der Waals surface area contributed by atoms with Gasteiger partial charge in [0.2, 0.25) is 0 Å². The Labute approximate surface area is 208 Å². The van der Waals surface area contributed by atoms with E-state index in [2.05, 4.69) is 10.2 Å². The molecule has 4 aromatic carbocycles. The summed E-state index contributed by atoms with van der Waals surface area (Å²) in [6.07, 6.45) is 0. The van der Waals surface area contributed by atoms with Crippen LogP contribution in [-0.4, -0.2) is 31.9 Å². The Morgan fingerprint density at radius 3 is 2.11 bits per heavy atom. The zero-order valence-corrected chi connectivity index (χ0v) is 19.9. The predicted octanol–water partition coefficient (Wildman–Crippen LogP) is 2.34. The molecule has 1 radical (unpaired) electrons. The minimum absolute atomic E-state index is 0. The fourth-order valence-electron chi connectivity index (χ4n) is 3.35. The summed E-state index contributed by atoms with van der Waals surface area (Å²) >= 11 is 0. The monoisotopic (exact) mass is 555 g/mol. The van der Waals surface area contributed by atoms with Crippen molar-refractivity contribution in [2.24, 2.45) is 10.2 Å². The fraction of sp³-hybridized carbons (Fsp3) is 0. The van der Waals surface area contributed by atoms with Gasteiger partial charge in [-0.15, -0.1) is 5.11 Å². The number of carbonyl (C=O) groups is 1. The van der Waals surface area contributed by atoms with Crippen molar-refractivity contribution in [3.05, 3.63) is 66.2 Å². The number of carbonyl (C=O) groups excluding carboxylic acids is 1. The molecule has 0 unspecified atom stereocenters. The van der Waals surface area contributed by atoms with Crippen LogP contribution < -0.4 is 10.2 Å². The SMILES string of the molecule is O=C([O-])c1cc2ccccc2c(N=Nc2cc3cc(S(=O)(=O)O)ccc3cc2S(=O)(=O)O)c1[O-].[Mn+2]. The first-order valence-electron chi connectivity index (χ1n) is 9.25. The van der Waals surface area contributed by atoms with E-state index < -0.39 is 58.7 Å². The summed E-state index contributed by atoms with van der Waals surface area (Å²) in [6, 6.07) is 12.6. The molecule has 0 amide bonds. The third-order valence-electron chi connectivity index (χ3n) is 4.92. The van der Waals surface area contributed by atoms with Crippen LogP contribution in [0.3, 0.4) is 0 Å². The van der Waals surface area contributed by atoms with E-state index in [0.29, 0.717) is 5.39 Å². The van der Waals surface area contributed by atoms with Crippen LogP contribution in [0.15, 0.2) is 80.7 Å². The summed E-state index contributed by atoms with van der Waals surface area (Å²) in [6.45, 7) is 0. The van der Waals surface area contributed by atoms with Crippen molar-refractivity contribution in [3.8, 4) is 5.75 Å². The molecule has 0 saturated carbocycles. The van der Waals surface area contributed by atoms with Crippen LogP contribution in [0.4, 0.5) is 11.4 Å². The summed E-state index contributed by atoms with van der Waals surface area (Å²) in [4.78, 5) is 10.2. The quantitative estimate of drug-likeness (QED) is 0.211. The van der Waals surface area contributed by atoms with Crippen molar-refractivity contribution in [2.75, 3.05) is 0 Å². The van der Waals surface area contributed by atoms with E-state index in [-0.39, 0.29) is 33.2 Å². The van der Waals surface area contributed by atoms with E-state index in [1.807, 2.05) is 0 Å². The number of aromatic carboxylic acids is 1. The first-order valence-corrected chi connectivity index (χ1v) is 12.1. The van der Waals surface area contributed by atoms with Crippen molar-refractivity contribution < 1.29 is 58.0 Å². The van der Waals surface area contributed by atoms with Gasteiger partial charge in [-0.1, -0.05) is 36.1 Å². The van der Waals surface area contributed by atoms with Crippen molar-refractivity contribution in [1.29, 1.82) is 0 Å². The number of hydrogen-bond donors (Lipinski definition) is 2. The molecule has 35 heavy (non-hydrogen) atoms. The van der Waals surface area contributed by atoms with Gasteiger partial charge < -0.3 is 15.0 Å². The second-order valence-electron chi connectivity index (χ2n) is 7.09. The second kappa shape index (κ2) is 9.34. The molecular formula is C21H12MnN2O9S2. The summed E-state index contributed by atoms with van der Waals surface area (Å²) in [5.41, 5.74) is -1.56. The van der Waals surface area contributed by atoms with Crippen LogP contribution in [-0.2, 0) is 37.3 Å². The molecule has 0 aliphatic rings. The average Bonchev–Trinajstić information content (AvgIpc) is 2.75. The molecule has 0 heterocycles. The molecule has 0 saturated heterocycles. The van der Waals surface area contributed by atoms with Gasteiger partial charge in [0.05, 0.1) is 16.6 Å². The molecule has 11 nitrogen and oxygen atoms in total. The standard InChI is InChI=1S/C21H14N2O9S2.Mn/c24-20-16(21(25)26)8-12-3-1-2-4-15(12)19(20)23-22-17-9-13-7-14(33(27,28)29)6-5-11(13)10-18(17)34(30,31)32;/h1-10,24H,(H,25,26)(H,27,28,29)(H,30,31,32);/q;+2/p-2. The molecule has 4 aromatic rings. The molecule has 4 rings (SSSR count). The Morgan fingerprint density at radius 2 is 1.49 bits per heavy atom. The zero-order chi connectivity index (χ0) is 24.8. The normalized spacial score (nSPS) is 12.2. The molecule has 0 aromatic heterocycles. The van der Waals surface area contributed by atoms with Crippen molar-refractivity contribution in [2.45, 2.75) is 9.79 Å². The maximum absolute atomic E-state index is 12.7. The van der Waals surface area contributed by atoms with Crippen molar-refractivity contribution in [3.63, 3.8) is 0 Å². The number of hydrogen-bond acceptors (Lipinski definition) is 9. The van der Waals surface area contributed by atoms with Gasteiger partial charge in [-0.2, -0.15) is 21.9 Å². The van der Waals surface area contributed by atoms with Gasteiger partial charge >= 0.3 is 17.1 Å². The van der Waals surface area contributed by atoms with E-state index in [4.69, 9.17) is 0 Å². The summed E-state index contributed by atoms with van der Waals surface area (Å²) in [5, 5.41) is 32.4. The van der Waals surface area contributed by atoms with Crippen LogP contribution in [0.5, 0.6) is 5.75 Å². The van der Waals surface area contributed by atoms with Gasteiger partial charge in [0.15, 0.2) is 0 Å². The van der Waals surface area contributed by atoms with Gasteiger partial charge in [0.25, 0.3) is 20.2 Å². The van der Waals surface area contributed by atoms with E-state index in [9.17, 15) is 40.9 Å². The van der Waals surface area contributed by atoms with Crippen LogP contribution in [0, 0.1) is 0 Å². The molecule has 14 heteroatoms. The Kier molecular flexibility index (Phi) is 6.99. The van der Waals surface area contributed by atoms with Crippen LogP contribution in [0.1, 0.15) is 10.4 Å².